The minimum atomic E-state index is -0.897. The molecule has 1 aromatic carbocycles. The molecule has 2 aromatic rings. The summed E-state index contributed by atoms with van der Waals surface area (Å²) in [5, 5.41) is 19.4. The minimum absolute atomic E-state index is 0.0805. The lowest BCUT2D eigenvalue weighted by atomic mass is 10.0. The zero-order chi connectivity index (χ0) is 14.7. The monoisotopic (exact) mass is 275 g/mol. The summed E-state index contributed by atoms with van der Waals surface area (Å²) >= 11 is 0. The molecule has 0 saturated carbocycles. The van der Waals surface area contributed by atoms with Crippen LogP contribution in [0.3, 0.4) is 0 Å². The Balaban J connectivity index is 2.62. The Hall–Kier alpha value is -1.81. The standard InChI is InChI=1S/C16H21NO3/c1-3-4-5-12-10-17(6-7-18)15-11(2)8-13(16(19)20)9-14(12)15/h8-10,18H,3-7H2,1-2H3,(H,19,20). The van der Waals surface area contributed by atoms with Crippen LogP contribution in [-0.2, 0) is 13.0 Å². The highest BCUT2D eigenvalue weighted by atomic mass is 16.4. The van der Waals surface area contributed by atoms with Crippen LogP contribution in [0.25, 0.3) is 10.9 Å². The number of fused-ring (bicyclic) bond motifs is 1. The second-order valence-corrected chi connectivity index (χ2v) is 5.17. The van der Waals surface area contributed by atoms with Gasteiger partial charge < -0.3 is 14.8 Å². The number of hydrogen-bond donors (Lipinski definition) is 2. The van der Waals surface area contributed by atoms with Crippen molar-refractivity contribution in [2.24, 2.45) is 0 Å². The van der Waals surface area contributed by atoms with E-state index in [2.05, 4.69) is 13.1 Å². The van der Waals surface area contributed by atoms with Crippen LogP contribution in [0.15, 0.2) is 18.3 Å². The Labute approximate surface area is 118 Å². The van der Waals surface area contributed by atoms with Gasteiger partial charge in [0, 0.05) is 18.1 Å². The molecular weight excluding hydrogens is 254 g/mol. The van der Waals surface area contributed by atoms with Gasteiger partial charge in [-0.05, 0) is 43.0 Å². The Bertz CT molecular complexity index is 628. The van der Waals surface area contributed by atoms with Crippen LogP contribution in [0.4, 0.5) is 0 Å². The first-order chi connectivity index (χ1) is 9.58. The highest BCUT2D eigenvalue weighted by Gasteiger charge is 2.14. The van der Waals surface area contributed by atoms with Crippen LogP contribution in [0.5, 0.6) is 0 Å². The molecule has 4 heteroatoms. The molecule has 0 fully saturated rings. The predicted octanol–water partition coefficient (Wildman–Crippen LogP) is 2.98. The summed E-state index contributed by atoms with van der Waals surface area (Å²) in [6.45, 7) is 4.68. The molecule has 4 nitrogen and oxygen atoms in total. The Morgan fingerprint density at radius 3 is 2.70 bits per heavy atom. The third-order valence-corrected chi connectivity index (χ3v) is 3.63. The minimum Gasteiger partial charge on any atom is -0.478 e. The summed E-state index contributed by atoms with van der Waals surface area (Å²) in [4.78, 5) is 11.2. The lowest BCUT2D eigenvalue weighted by Crippen LogP contribution is -2.02. The molecule has 20 heavy (non-hydrogen) atoms. The molecule has 0 atom stereocenters. The van der Waals surface area contributed by atoms with E-state index in [0.29, 0.717) is 12.1 Å². The van der Waals surface area contributed by atoms with Crippen molar-refractivity contribution < 1.29 is 15.0 Å². The zero-order valence-electron chi connectivity index (χ0n) is 12.0. The fraction of sp³-hybridized carbons (Fsp3) is 0.438. The van der Waals surface area contributed by atoms with Crippen LogP contribution in [0.2, 0.25) is 0 Å². The molecular formula is C16H21NO3. The average molecular weight is 275 g/mol. The molecule has 0 aliphatic carbocycles. The van der Waals surface area contributed by atoms with Crippen molar-refractivity contribution in [3.63, 3.8) is 0 Å². The van der Waals surface area contributed by atoms with Gasteiger partial charge >= 0.3 is 5.97 Å². The summed E-state index contributed by atoms with van der Waals surface area (Å²) in [6.07, 6.45) is 5.17. The van der Waals surface area contributed by atoms with Crippen molar-refractivity contribution in [2.75, 3.05) is 6.61 Å². The highest BCUT2D eigenvalue weighted by Crippen LogP contribution is 2.27. The maximum Gasteiger partial charge on any atom is 0.335 e. The number of carboxylic acid groups (broad SMARTS) is 1. The molecule has 0 amide bonds. The molecule has 0 spiro atoms. The van der Waals surface area contributed by atoms with Gasteiger partial charge in [0.15, 0.2) is 0 Å². The molecule has 1 heterocycles. The van der Waals surface area contributed by atoms with Crippen molar-refractivity contribution in [1.29, 1.82) is 0 Å². The molecule has 0 bridgehead atoms. The second kappa shape index (κ2) is 6.09. The summed E-state index contributed by atoms with van der Waals surface area (Å²) in [5.41, 5.74) is 3.47. The number of benzene rings is 1. The fourth-order valence-corrected chi connectivity index (χ4v) is 2.70. The van der Waals surface area contributed by atoms with Gasteiger partial charge in [-0.1, -0.05) is 13.3 Å². The molecule has 2 rings (SSSR count). The van der Waals surface area contributed by atoms with Crippen molar-refractivity contribution >= 4 is 16.9 Å². The number of carbonyl (C=O) groups is 1. The van der Waals surface area contributed by atoms with E-state index in [4.69, 9.17) is 0 Å². The molecule has 0 unspecified atom stereocenters. The smallest absolute Gasteiger partial charge is 0.335 e. The van der Waals surface area contributed by atoms with Gasteiger partial charge in [-0.2, -0.15) is 0 Å². The number of aromatic carboxylic acids is 1. The molecule has 108 valence electrons. The van der Waals surface area contributed by atoms with Gasteiger partial charge in [0.25, 0.3) is 0 Å². The highest BCUT2D eigenvalue weighted by molar-refractivity contribution is 5.96. The maximum absolute atomic E-state index is 11.2. The number of hydrogen-bond acceptors (Lipinski definition) is 2. The average Bonchev–Trinajstić information content (AvgIpc) is 2.75. The molecule has 0 aliphatic rings. The predicted molar refractivity (Wildman–Crippen MR) is 79.3 cm³/mol. The van der Waals surface area contributed by atoms with E-state index in [1.807, 2.05) is 11.5 Å². The quantitative estimate of drug-likeness (QED) is 0.852. The molecule has 0 saturated heterocycles. The van der Waals surface area contributed by atoms with Crippen LogP contribution < -0.4 is 0 Å². The van der Waals surface area contributed by atoms with Gasteiger partial charge in [-0.3, -0.25) is 0 Å². The van der Waals surface area contributed by atoms with E-state index < -0.39 is 5.97 Å². The number of aliphatic hydroxyl groups excluding tert-OH is 1. The Kier molecular flexibility index (Phi) is 4.45. The SMILES string of the molecule is CCCCc1cn(CCO)c2c(C)cc(C(=O)O)cc12. The van der Waals surface area contributed by atoms with E-state index in [1.165, 1.54) is 5.56 Å². The first-order valence-electron chi connectivity index (χ1n) is 7.05. The number of rotatable bonds is 6. The first-order valence-corrected chi connectivity index (χ1v) is 7.05. The summed E-state index contributed by atoms with van der Waals surface area (Å²) in [6, 6.07) is 3.45. The Morgan fingerprint density at radius 2 is 2.10 bits per heavy atom. The summed E-state index contributed by atoms with van der Waals surface area (Å²) in [7, 11) is 0. The first kappa shape index (κ1) is 14.6. The van der Waals surface area contributed by atoms with Crippen LogP contribution in [-0.4, -0.2) is 27.4 Å². The molecule has 1 aromatic heterocycles. The van der Waals surface area contributed by atoms with Crippen LogP contribution >= 0.6 is 0 Å². The third-order valence-electron chi connectivity index (χ3n) is 3.63. The van der Waals surface area contributed by atoms with E-state index in [9.17, 15) is 15.0 Å². The lowest BCUT2D eigenvalue weighted by molar-refractivity contribution is 0.0697. The fourth-order valence-electron chi connectivity index (χ4n) is 2.70. The number of carboxylic acids is 1. The zero-order valence-corrected chi connectivity index (χ0v) is 12.0. The third kappa shape index (κ3) is 2.70. The van der Waals surface area contributed by atoms with Crippen molar-refractivity contribution in [3.05, 3.63) is 35.0 Å². The number of nitrogens with zero attached hydrogens (tertiary/aromatic N) is 1. The summed E-state index contributed by atoms with van der Waals surface area (Å²) in [5.74, 6) is -0.897. The number of aromatic nitrogens is 1. The van der Waals surface area contributed by atoms with Gasteiger partial charge in [0.05, 0.1) is 17.7 Å². The largest absolute Gasteiger partial charge is 0.478 e. The van der Waals surface area contributed by atoms with Crippen molar-refractivity contribution in [2.45, 2.75) is 39.7 Å². The van der Waals surface area contributed by atoms with Gasteiger partial charge in [0.1, 0.15) is 0 Å². The maximum atomic E-state index is 11.2. The second-order valence-electron chi connectivity index (χ2n) is 5.17. The van der Waals surface area contributed by atoms with Crippen molar-refractivity contribution in [1.82, 2.24) is 4.57 Å². The summed E-state index contributed by atoms with van der Waals surface area (Å²) < 4.78 is 2.03. The number of aryl methyl sites for hydroxylation is 2. The molecule has 0 aliphatic heterocycles. The van der Waals surface area contributed by atoms with E-state index in [0.717, 1.165) is 35.7 Å². The topological polar surface area (TPSA) is 62.5 Å². The van der Waals surface area contributed by atoms with Crippen molar-refractivity contribution in [3.8, 4) is 0 Å². The van der Waals surface area contributed by atoms with Crippen LogP contribution in [0, 0.1) is 6.92 Å². The number of unbranched alkanes of at least 4 members (excludes halogenated alkanes) is 1. The van der Waals surface area contributed by atoms with E-state index >= 15 is 0 Å². The molecule has 0 radical (unpaired) electrons. The van der Waals surface area contributed by atoms with E-state index in [1.54, 1.807) is 12.1 Å². The number of aliphatic hydroxyl groups is 1. The van der Waals surface area contributed by atoms with Gasteiger partial charge in [-0.25, -0.2) is 4.79 Å². The van der Waals surface area contributed by atoms with Gasteiger partial charge in [-0.15, -0.1) is 0 Å². The van der Waals surface area contributed by atoms with E-state index in [-0.39, 0.29) is 6.61 Å². The lowest BCUT2D eigenvalue weighted by Gasteiger charge is -2.06. The Morgan fingerprint density at radius 1 is 1.35 bits per heavy atom. The van der Waals surface area contributed by atoms with Crippen LogP contribution in [0.1, 0.15) is 41.3 Å². The molecule has 2 N–H and O–H groups in total. The van der Waals surface area contributed by atoms with Gasteiger partial charge in [0.2, 0.25) is 0 Å². The normalized spacial score (nSPS) is 11.2.